The van der Waals surface area contributed by atoms with Crippen LogP contribution in [0.15, 0.2) is 30.3 Å². The lowest BCUT2D eigenvalue weighted by atomic mass is 10.0. The van der Waals surface area contributed by atoms with E-state index in [2.05, 4.69) is 56.0 Å². The average molecular weight is 334 g/mol. The maximum absolute atomic E-state index is 12.2. The summed E-state index contributed by atoms with van der Waals surface area (Å²) >= 11 is 5.19. The first-order chi connectivity index (χ1) is 10.8. The highest BCUT2D eigenvalue weighted by Crippen LogP contribution is 2.68. The zero-order valence-electron chi connectivity index (χ0n) is 14.4. The fourth-order valence-corrected chi connectivity index (χ4v) is 3.38. The van der Waals surface area contributed by atoms with Gasteiger partial charge in [0.25, 0.3) is 0 Å². The third-order valence-electron chi connectivity index (χ3n) is 5.35. The van der Waals surface area contributed by atoms with Gasteiger partial charge in [-0.15, -0.1) is 0 Å². The van der Waals surface area contributed by atoms with E-state index in [1.165, 1.54) is 5.56 Å². The minimum absolute atomic E-state index is 0.00781. The van der Waals surface area contributed by atoms with Crippen molar-refractivity contribution in [1.82, 2.24) is 16.2 Å². The molecule has 1 aliphatic rings. The Hall–Kier alpha value is -1.62. The van der Waals surface area contributed by atoms with E-state index < -0.39 is 0 Å². The molecule has 0 heterocycles. The van der Waals surface area contributed by atoms with Crippen LogP contribution in [0.1, 0.15) is 39.7 Å². The Bertz CT molecular complexity index is 555. The molecule has 126 valence electrons. The summed E-state index contributed by atoms with van der Waals surface area (Å²) in [6.45, 7) is 9.26. The molecular formula is C18H27N3OS. The van der Waals surface area contributed by atoms with Crippen LogP contribution >= 0.6 is 12.2 Å². The van der Waals surface area contributed by atoms with E-state index >= 15 is 0 Å². The van der Waals surface area contributed by atoms with Crippen LogP contribution in [0, 0.1) is 16.7 Å². The molecular weight excluding hydrogens is 306 g/mol. The van der Waals surface area contributed by atoms with E-state index in [9.17, 15) is 4.79 Å². The average Bonchev–Trinajstić information content (AvgIpc) is 2.92. The number of benzene rings is 1. The molecule has 0 spiro atoms. The Balaban J connectivity index is 1.62. The fraction of sp³-hybridized carbons (Fsp3) is 0.556. The largest absolute Gasteiger partial charge is 0.361 e. The Labute approximate surface area is 144 Å². The van der Waals surface area contributed by atoms with Gasteiger partial charge in [-0.25, -0.2) is 0 Å². The van der Waals surface area contributed by atoms with Crippen LogP contribution in [0.25, 0.3) is 0 Å². The number of rotatable bonds is 5. The Morgan fingerprint density at radius 2 is 1.70 bits per heavy atom. The molecule has 2 rings (SSSR count). The molecule has 0 bridgehead atoms. The van der Waals surface area contributed by atoms with Gasteiger partial charge in [-0.1, -0.05) is 58.0 Å². The number of carbonyl (C=O) groups excluding carboxylic acids is 1. The number of hydrogen-bond acceptors (Lipinski definition) is 2. The number of hydrazine groups is 1. The summed E-state index contributed by atoms with van der Waals surface area (Å²) in [6.07, 6.45) is 2.00. The Kier molecular flexibility index (Phi) is 5.30. The zero-order valence-corrected chi connectivity index (χ0v) is 15.2. The predicted octanol–water partition coefficient (Wildman–Crippen LogP) is 2.80. The smallest absolute Gasteiger partial charge is 0.242 e. The molecule has 0 unspecified atom stereocenters. The number of carbonyl (C=O) groups is 1. The molecule has 1 aliphatic carbocycles. The van der Waals surface area contributed by atoms with Gasteiger partial charge in [0.05, 0.1) is 5.92 Å². The molecule has 0 aromatic heterocycles. The summed E-state index contributed by atoms with van der Waals surface area (Å²) in [7, 11) is 0. The topological polar surface area (TPSA) is 53.2 Å². The molecule has 1 amide bonds. The molecule has 23 heavy (non-hydrogen) atoms. The van der Waals surface area contributed by atoms with Crippen molar-refractivity contribution in [3.63, 3.8) is 0 Å². The second-order valence-corrected chi connectivity index (χ2v) is 7.74. The summed E-state index contributed by atoms with van der Waals surface area (Å²) in [5.41, 5.74) is 6.90. The molecule has 4 nitrogen and oxygen atoms in total. The van der Waals surface area contributed by atoms with Crippen molar-refractivity contribution < 1.29 is 4.79 Å². The van der Waals surface area contributed by atoms with Crippen molar-refractivity contribution in [2.75, 3.05) is 6.54 Å². The summed E-state index contributed by atoms with van der Waals surface area (Å²) < 4.78 is 0. The van der Waals surface area contributed by atoms with E-state index in [0.717, 1.165) is 19.4 Å². The van der Waals surface area contributed by atoms with Crippen molar-refractivity contribution in [3.05, 3.63) is 35.9 Å². The first kappa shape index (κ1) is 17.7. The van der Waals surface area contributed by atoms with Crippen LogP contribution in [-0.4, -0.2) is 17.6 Å². The lowest BCUT2D eigenvalue weighted by molar-refractivity contribution is -0.124. The van der Waals surface area contributed by atoms with Crippen LogP contribution in [0.4, 0.5) is 0 Å². The molecule has 1 aromatic carbocycles. The second kappa shape index (κ2) is 6.87. The molecule has 0 saturated heterocycles. The lowest BCUT2D eigenvalue weighted by Crippen LogP contribution is -2.48. The summed E-state index contributed by atoms with van der Waals surface area (Å²) in [5, 5.41) is 3.58. The van der Waals surface area contributed by atoms with Crippen LogP contribution < -0.4 is 16.2 Å². The minimum Gasteiger partial charge on any atom is -0.361 e. The summed E-state index contributed by atoms with van der Waals surface area (Å²) in [4.78, 5) is 12.2. The summed E-state index contributed by atoms with van der Waals surface area (Å²) in [5.74, 6) is 0.0248. The fourth-order valence-electron chi connectivity index (χ4n) is 3.23. The number of amides is 1. The standard InChI is InChI=1S/C18H27N3OS/c1-17(2)14(18(17,3)4)15(22)20-21-16(23)19-12-8-11-13-9-6-5-7-10-13/h5-7,9-10,14H,8,11-12H2,1-4H3,(H,20,22)(H2,19,21,23). The van der Waals surface area contributed by atoms with Crippen LogP contribution in [0.2, 0.25) is 0 Å². The molecule has 0 aliphatic heterocycles. The number of nitrogens with one attached hydrogen (secondary N) is 3. The van der Waals surface area contributed by atoms with Crippen LogP contribution in [0.3, 0.4) is 0 Å². The Morgan fingerprint density at radius 1 is 1.09 bits per heavy atom. The molecule has 0 atom stereocenters. The van der Waals surface area contributed by atoms with Gasteiger partial charge in [-0.05, 0) is 41.5 Å². The maximum Gasteiger partial charge on any atom is 0.242 e. The summed E-state index contributed by atoms with van der Waals surface area (Å²) in [6, 6.07) is 10.4. The van der Waals surface area contributed by atoms with Gasteiger partial charge in [-0.2, -0.15) is 0 Å². The van der Waals surface area contributed by atoms with Crippen molar-refractivity contribution >= 4 is 23.2 Å². The van der Waals surface area contributed by atoms with Gasteiger partial charge in [0.1, 0.15) is 0 Å². The van der Waals surface area contributed by atoms with Gasteiger partial charge in [-0.3, -0.25) is 15.6 Å². The van der Waals surface area contributed by atoms with E-state index in [4.69, 9.17) is 12.2 Å². The van der Waals surface area contributed by atoms with E-state index in [1.807, 2.05) is 18.2 Å². The van der Waals surface area contributed by atoms with Gasteiger partial charge in [0.2, 0.25) is 5.91 Å². The van der Waals surface area contributed by atoms with Crippen molar-refractivity contribution in [3.8, 4) is 0 Å². The Morgan fingerprint density at radius 3 is 2.26 bits per heavy atom. The molecule has 1 saturated carbocycles. The van der Waals surface area contributed by atoms with Crippen LogP contribution in [0.5, 0.6) is 0 Å². The van der Waals surface area contributed by atoms with Gasteiger partial charge >= 0.3 is 0 Å². The molecule has 0 radical (unpaired) electrons. The van der Waals surface area contributed by atoms with Crippen LogP contribution in [-0.2, 0) is 11.2 Å². The molecule has 1 fully saturated rings. The van der Waals surface area contributed by atoms with Crippen molar-refractivity contribution in [2.45, 2.75) is 40.5 Å². The lowest BCUT2D eigenvalue weighted by Gasteiger charge is -2.12. The third kappa shape index (κ3) is 4.02. The van der Waals surface area contributed by atoms with E-state index in [1.54, 1.807) is 0 Å². The molecule has 5 heteroatoms. The monoisotopic (exact) mass is 333 g/mol. The third-order valence-corrected chi connectivity index (χ3v) is 5.60. The normalized spacial score (nSPS) is 18.1. The van der Waals surface area contributed by atoms with Crippen molar-refractivity contribution in [2.24, 2.45) is 16.7 Å². The quantitative estimate of drug-likeness (QED) is 0.441. The van der Waals surface area contributed by atoms with Gasteiger partial charge in [0.15, 0.2) is 5.11 Å². The maximum atomic E-state index is 12.2. The van der Waals surface area contributed by atoms with E-state index in [-0.39, 0.29) is 22.7 Å². The number of aryl methyl sites for hydroxylation is 1. The first-order valence-electron chi connectivity index (χ1n) is 8.14. The first-order valence-corrected chi connectivity index (χ1v) is 8.55. The highest BCUT2D eigenvalue weighted by molar-refractivity contribution is 7.80. The highest BCUT2D eigenvalue weighted by Gasteiger charge is 2.68. The highest BCUT2D eigenvalue weighted by atomic mass is 32.1. The molecule has 1 aromatic rings. The minimum atomic E-state index is 0.00781. The number of hydrogen-bond donors (Lipinski definition) is 3. The van der Waals surface area contributed by atoms with Gasteiger partial charge < -0.3 is 5.32 Å². The molecule has 3 N–H and O–H groups in total. The van der Waals surface area contributed by atoms with E-state index in [0.29, 0.717) is 5.11 Å². The SMILES string of the molecule is CC1(C)C(C(=O)NNC(=S)NCCCc2ccccc2)C1(C)C. The number of thiocarbonyl (C=S) groups is 1. The zero-order chi connectivity index (χ0) is 17.1. The van der Waals surface area contributed by atoms with Crippen molar-refractivity contribution in [1.29, 1.82) is 0 Å². The second-order valence-electron chi connectivity index (χ2n) is 7.34. The predicted molar refractivity (Wildman–Crippen MR) is 97.7 cm³/mol. The van der Waals surface area contributed by atoms with Gasteiger partial charge in [0, 0.05) is 6.54 Å².